The van der Waals surface area contributed by atoms with Crippen molar-refractivity contribution in [1.82, 2.24) is 9.13 Å². The van der Waals surface area contributed by atoms with Gasteiger partial charge in [0.1, 0.15) is 6.54 Å². The number of aromatic carboxylic acids is 1. The van der Waals surface area contributed by atoms with Crippen LogP contribution in [0.25, 0.3) is 11.0 Å². The van der Waals surface area contributed by atoms with Crippen molar-refractivity contribution in [3.8, 4) is 0 Å². The quantitative estimate of drug-likeness (QED) is 0.725. The predicted octanol–water partition coefficient (Wildman–Crippen LogP) is 2.78. The molecule has 0 spiro atoms. The number of nitrogens with zero attached hydrogens (tertiary/aromatic N) is 2. The average molecular weight is 367 g/mol. The number of hydrogen-bond donors (Lipinski definition) is 2. The summed E-state index contributed by atoms with van der Waals surface area (Å²) in [5.41, 5.74) is 3.16. The molecule has 140 valence electrons. The Kier molecular flexibility index (Phi) is 4.85. The average Bonchev–Trinajstić information content (AvgIpc) is 2.88. The minimum Gasteiger partial charge on any atom is -0.478 e. The van der Waals surface area contributed by atoms with Crippen LogP contribution >= 0.6 is 0 Å². The van der Waals surface area contributed by atoms with E-state index in [9.17, 15) is 19.5 Å². The number of anilines is 1. The van der Waals surface area contributed by atoms with Crippen molar-refractivity contribution in [2.75, 3.05) is 5.32 Å². The highest BCUT2D eigenvalue weighted by Crippen LogP contribution is 2.21. The van der Waals surface area contributed by atoms with E-state index in [1.165, 1.54) is 10.6 Å². The number of carbonyl (C=O) groups is 2. The monoisotopic (exact) mass is 367 g/mol. The van der Waals surface area contributed by atoms with Crippen molar-refractivity contribution in [3.05, 3.63) is 63.6 Å². The summed E-state index contributed by atoms with van der Waals surface area (Å²) in [5.74, 6) is -1.44. The number of carbonyl (C=O) groups excluding carboxylic acids is 1. The highest BCUT2D eigenvalue weighted by atomic mass is 16.4. The lowest BCUT2D eigenvalue weighted by Crippen LogP contribution is -2.29. The Bertz CT molecular complexity index is 1110. The number of rotatable bonds is 5. The van der Waals surface area contributed by atoms with E-state index in [0.717, 1.165) is 11.1 Å². The van der Waals surface area contributed by atoms with Crippen LogP contribution in [0.2, 0.25) is 0 Å². The van der Waals surface area contributed by atoms with Crippen molar-refractivity contribution >= 4 is 28.6 Å². The van der Waals surface area contributed by atoms with Gasteiger partial charge in [-0.15, -0.1) is 0 Å². The fourth-order valence-electron chi connectivity index (χ4n) is 3.28. The number of carboxylic acid groups (broad SMARTS) is 1. The Morgan fingerprint density at radius 1 is 1.04 bits per heavy atom. The van der Waals surface area contributed by atoms with E-state index in [-0.39, 0.29) is 23.7 Å². The number of carboxylic acids is 1. The number of fused-ring (bicyclic) bond motifs is 1. The summed E-state index contributed by atoms with van der Waals surface area (Å²) in [6, 6.07) is 10.5. The Morgan fingerprint density at radius 3 is 2.26 bits per heavy atom. The lowest BCUT2D eigenvalue weighted by molar-refractivity contribution is -0.116. The van der Waals surface area contributed by atoms with Gasteiger partial charge in [0.2, 0.25) is 5.91 Å². The second-order valence-corrected chi connectivity index (χ2v) is 6.44. The van der Waals surface area contributed by atoms with Gasteiger partial charge in [0.25, 0.3) is 0 Å². The number of amides is 1. The molecule has 1 heterocycles. The number of aryl methyl sites for hydroxylation is 3. The molecule has 0 fully saturated rings. The third-order valence-electron chi connectivity index (χ3n) is 4.62. The van der Waals surface area contributed by atoms with Gasteiger partial charge in [-0.2, -0.15) is 0 Å². The number of nitrogens with one attached hydrogen (secondary N) is 1. The Labute approximate surface area is 155 Å². The van der Waals surface area contributed by atoms with Gasteiger partial charge in [-0.25, -0.2) is 9.59 Å². The van der Waals surface area contributed by atoms with Gasteiger partial charge in [0.05, 0.1) is 16.6 Å². The van der Waals surface area contributed by atoms with Crippen molar-refractivity contribution in [2.45, 2.75) is 33.9 Å². The zero-order valence-electron chi connectivity index (χ0n) is 15.4. The first-order valence-electron chi connectivity index (χ1n) is 8.66. The van der Waals surface area contributed by atoms with Crippen LogP contribution in [0, 0.1) is 13.8 Å². The summed E-state index contributed by atoms with van der Waals surface area (Å²) >= 11 is 0. The number of benzene rings is 2. The van der Waals surface area contributed by atoms with E-state index in [1.807, 2.05) is 25.1 Å². The van der Waals surface area contributed by atoms with E-state index < -0.39 is 5.97 Å². The molecule has 0 aliphatic rings. The van der Waals surface area contributed by atoms with Crippen molar-refractivity contribution in [3.63, 3.8) is 0 Å². The molecule has 2 N–H and O–H groups in total. The molecule has 0 bridgehead atoms. The molecule has 0 saturated carbocycles. The van der Waals surface area contributed by atoms with E-state index in [4.69, 9.17) is 0 Å². The standard InChI is InChI=1S/C20H21N3O4/c1-4-22-16-7-5-6-8-17(16)23(20(22)27)11-18(24)21-15-10-14(19(25)26)12(2)9-13(15)3/h5-10H,4,11H2,1-3H3,(H,21,24)(H,25,26). The molecule has 0 saturated heterocycles. The van der Waals surface area contributed by atoms with Gasteiger partial charge in [0.15, 0.2) is 0 Å². The van der Waals surface area contributed by atoms with E-state index in [0.29, 0.717) is 23.3 Å². The minimum absolute atomic E-state index is 0.135. The summed E-state index contributed by atoms with van der Waals surface area (Å²) in [4.78, 5) is 36.5. The van der Waals surface area contributed by atoms with Crippen LogP contribution in [0.4, 0.5) is 5.69 Å². The van der Waals surface area contributed by atoms with Crippen molar-refractivity contribution in [1.29, 1.82) is 0 Å². The molecule has 0 aliphatic carbocycles. The summed E-state index contributed by atoms with van der Waals surface area (Å²) in [6.45, 7) is 5.74. The van der Waals surface area contributed by atoms with Crippen LogP contribution < -0.4 is 11.0 Å². The summed E-state index contributed by atoms with van der Waals surface area (Å²) in [7, 11) is 0. The number of imidazole rings is 1. The van der Waals surface area contributed by atoms with Crippen molar-refractivity contribution < 1.29 is 14.7 Å². The van der Waals surface area contributed by atoms with Crippen LogP contribution in [0.15, 0.2) is 41.2 Å². The fourth-order valence-corrected chi connectivity index (χ4v) is 3.28. The van der Waals surface area contributed by atoms with Gasteiger partial charge >= 0.3 is 11.7 Å². The first-order valence-corrected chi connectivity index (χ1v) is 8.66. The molecule has 0 atom stereocenters. The zero-order valence-corrected chi connectivity index (χ0v) is 15.4. The maximum Gasteiger partial charge on any atom is 0.336 e. The minimum atomic E-state index is -1.05. The fraction of sp³-hybridized carbons (Fsp3) is 0.250. The zero-order chi connectivity index (χ0) is 19.7. The Balaban J connectivity index is 1.93. The van der Waals surface area contributed by atoms with Gasteiger partial charge in [-0.1, -0.05) is 18.2 Å². The number of para-hydroxylation sites is 2. The molecule has 0 aliphatic heterocycles. The van der Waals surface area contributed by atoms with Gasteiger partial charge < -0.3 is 10.4 Å². The molecule has 27 heavy (non-hydrogen) atoms. The van der Waals surface area contributed by atoms with Crippen LogP contribution in [0.3, 0.4) is 0 Å². The molecule has 0 radical (unpaired) electrons. The Morgan fingerprint density at radius 2 is 1.67 bits per heavy atom. The largest absolute Gasteiger partial charge is 0.478 e. The predicted molar refractivity (Wildman–Crippen MR) is 103 cm³/mol. The van der Waals surface area contributed by atoms with Crippen LogP contribution in [-0.4, -0.2) is 26.1 Å². The molecular formula is C20H21N3O4. The first-order chi connectivity index (χ1) is 12.8. The lowest BCUT2D eigenvalue weighted by Gasteiger charge is -2.12. The van der Waals surface area contributed by atoms with Gasteiger partial charge in [-0.05, 0) is 50.1 Å². The highest BCUT2D eigenvalue weighted by molar-refractivity contribution is 5.96. The summed E-state index contributed by atoms with van der Waals surface area (Å²) in [5, 5.41) is 12.0. The highest BCUT2D eigenvalue weighted by Gasteiger charge is 2.16. The molecule has 3 aromatic rings. The molecule has 1 amide bonds. The summed E-state index contributed by atoms with van der Waals surface area (Å²) in [6.07, 6.45) is 0. The first kappa shape index (κ1) is 18.4. The molecular weight excluding hydrogens is 346 g/mol. The van der Waals surface area contributed by atoms with E-state index in [2.05, 4.69) is 5.32 Å². The number of hydrogen-bond acceptors (Lipinski definition) is 3. The SMILES string of the molecule is CCn1c(=O)n(CC(=O)Nc2cc(C(=O)O)c(C)cc2C)c2ccccc21. The molecule has 1 aromatic heterocycles. The van der Waals surface area contributed by atoms with Crippen LogP contribution in [-0.2, 0) is 17.9 Å². The van der Waals surface area contributed by atoms with Crippen LogP contribution in [0.5, 0.6) is 0 Å². The molecule has 7 nitrogen and oxygen atoms in total. The topological polar surface area (TPSA) is 93.3 Å². The molecule has 2 aromatic carbocycles. The van der Waals surface area contributed by atoms with E-state index in [1.54, 1.807) is 30.5 Å². The normalized spacial score (nSPS) is 10.9. The Hall–Kier alpha value is -3.35. The van der Waals surface area contributed by atoms with Gasteiger partial charge in [-0.3, -0.25) is 13.9 Å². The van der Waals surface area contributed by atoms with Crippen LogP contribution in [0.1, 0.15) is 28.4 Å². The maximum absolute atomic E-state index is 12.6. The molecule has 0 unspecified atom stereocenters. The van der Waals surface area contributed by atoms with E-state index >= 15 is 0 Å². The maximum atomic E-state index is 12.6. The summed E-state index contributed by atoms with van der Waals surface area (Å²) < 4.78 is 3.04. The lowest BCUT2D eigenvalue weighted by atomic mass is 10.0. The smallest absolute Gasteiger partial charge is 0.336 e. The second-order valence-electron chi connectivity index (χ2n) is 6.44. The van der Waals surface area contributed by atoms with Crippen molar-refractivity contribution in [2.24, 2.45) is 0 Å². The molecule has 3 rings (SSSR count). The molecule has 7 heteroatoms. The van der Waals surface area contributed by atoms with Gasteiger partial charge in [0, 0.05) is 12.2 Å². The third kappa shape index (κ3) is 3.36. The third-order valence-corrected chi connectivity index (χ3v) is 4.62. The second kappa shape index (κ2) is 7.11. The number of aromatic nitrogens is 2.